The molecular formula is C16H19N3O4S. The van der Waals surface area contributed by atoms with Crippen LogP contribution in [0.5, 0.6) is 0 Å². The molecule has 1 aromatic carbocycles. The Balaban J connectivity index is 2.49. The van der Waals surface area contributed by atoms with Crippen LogP contribution in [0.4, 0.5) is 5.69 Å². The Bertz CT molecular complexity index is 700. The quantitative estimate of drug-likeness (QED) is 0.378. The van der Waals surface area contributed by atoms with Gasteiger partial charge in [0, 0.05) is 24.4 Å². The van der Waals surface area contributed by atoms with Gasteiger partial charge in [-0.1, -0.05) is 0 Å². The zero-order valence-corrected chi connectivity index (χ0v) is 14.6. The molecule has 1 aliphatic heterocycles. The molecule has 1 heterocycles. The van der Waals surface area contributed by atoms with Crippen LogP contribution in [0.25, 0.3) is 0 Å². The molecule has 0 unspecified atom stereocenters. The summed E-state index contributed by atoms with van der Waals surface area (Å²) in [4.78, 5) is 24.6. The highest BCUT2D eigenvalue weighted by atomic mass is 32.1. The first-order valence-corrected chi connectivity index (χ1v) is 8.01. The number of hydrogen-bond acceptors (Lipinski definition) is 5. The molecule has 1 aromatic rings. The van der Waals surface area contributed by atoms with Gasteiger partial charge < -0.3 is 15.0 Å². The summed E-state index contributed by atoms with van der Waals surface area (Å²) in [6.07, 6.45) is 0. The molecule has 0 radical (unpaired) electrons. The number of benzene rings is 1. The summed E-state index contributed by atoms with van der Waals surface area (Å²) in [7, 11) is 0. The number of nitro groups is 1. The van der Waals surface area contributed by atoms with E-state index in [0.717, 1.165) is 5.70 Å². The van der Waals surface area contributed by atoms with Crippen LogP contribution in [0, 0.1) is 10.1 Å². The van der Waals surface area contributed by atoms with E-state index in [4.69, 9.17) is 17.0 Å². The molecular weight excluding hydrogens is 330 g/mol. The lowest BCUT2D eigenvalue weighted by molar-refractivity contribution is -0.384. The van der Waals surface area contributed by atoms with E-state index in [1.807, 2.05) is 18.7 Å². The topological polar surface area (TPSA) is 84.7 Å². The molecule has 0 bridgehead atoms. The zero-order chi connectivity index (χ0) is 17.9. The molecule has 128 valence electrons. The van der Waals surface area contributed by atoms with Crippen molar-refractivity contribution in [2.75, 3.05) is 13.2 Å². The van der Waals surface area contributed by atoms with Crippen molar-refractivity contribution in [3.05, 3.63) is 51.2 Å². The fourth-order valence-corrected chi connectivity index (χ4v) is 3.06. The molecule has 8 heteroatoms. The highest BCUT2D eigenvalue weighted by Crippen LogP contribution is 2.32. The van der Waals surface area contributed by atoms with Crippen LogP contribution in [-0.4, -0.2) is 34.1 Å². The number of esters is 1. The molecule has 1 N–H and O–H groups in total. The Morgan fingerprint density at radius 2 is 2.00 bits per heavy atom. The minimum Gasteiger partial charge on any atom is -0.463 e. The normalized spacial score (nSPS) is 17.5. The van der Waals surface area contributed by atoms with Crippen molar-refractivity contribution in [1.82, 2.24) is 10.2 Å². The first-order valence-electron chi connectivity index (χ1n) is 7.60. The van der Waals surface area contributed by atoms with Crippen molar-refractivity contribution in [2.45, 2.75) is 26.8 Å². The van der Waals surface area contributed by atoms with Crippen molar-refractivity contribution in [3.8, 4) is 0 Å². The van der Waals surface area contributed by atoms with Crippen molar-refractivity contribution in [3.63, 3.8) is 0 Å². The van der Waals surface area contributed by atoms with Gasteiger partial charge in [-0.3, -0.25) is 10.1 Å². The number of carbonyl (C=O) groups is 1. The van der Waals surface area contributed by atoms with E-state index >= 15 is 0 Å². The lowest BCUT2D eigenvalue weighted by Gasteiger charge is -2.37. The summed E-state index contributed by atoms with van der Waals surface area (Å²) < 4.78 is 5.18. The van der Waals surface area contributed by atoms with Crippen molar-refractivity contribution < 1.29 is 14.5 Å². The van der Waals surface area contributed by atoms with E-state index in [0.29, 0.717) is 22.8 Å². The van der Waals surface area contributed by atoms with Crippen LogP contribution >= 0.6 is 12.2 Å². The fraction of sp³-hybridized carbons (Fsp3) is 0.375. The maximum absolute atomic E-state index is 12.4. The standard InChI is InChI=1S/C16H19N3O4S/c1-4-18-10(3)13(15(20)23-5-2)14(17-16(18)24)11-6-8-12(9-7-11)19(21)22/h6-9,14H,4-5H2,1-3H3,(H,17,24)/t14-/m0/s1. The monoisotopic (exact) mass is 349 g/mol. The van der Waals surface area contributed by atoms with Crippen LogP contribution < -0.4 is 5.32 Å². The van der Waals surface area contributed by atoms with E-state index in [-0.39, 0.29) is 12.3 Å². The first kappa shape index (κ1) is 17.9. The third-order valence-corrected chi connectivity index (χ3v) is 4.18. The maximum Gasteiger partial charge on any atom is 0.338 e. The van der Waals surface area contributed by atoms with Gasteiger partial charge in [0.05, 0.1) is 23.1 Å². The van der Waals surface area contributed by atoms with Crippen LogP contribution in [-0.2, 0) is 9.53 Å². The van der Waals surface area contributed by atoms with E-state index in [1.165, 1.54) is 12.1 Å². The molecule has 0 saturated heterocycles. The first-order chi connectivity index (χ1) is 11.4. The van der Waals surface area contributed by atoms with Gasteiger partial charge in [0.2, 0.25) is 0 Å². The van der Waals surface area contributed by atoms with Gasteiger partial charge in [0.15, 0.2) is 5.11 Å². The Morgan fingerprint density at radius 3 is 2.50 bits per heavy atom. The zero-order valence-electron chi connectivity index (χ0n) is 13.7. The smallest absolute Gasteiger partial charge is 0.338 e. The van der Waals surface area contributed by atoms with Crippen molar-refractivity contribution in [1.29, 1.82) is 0 Å². The average Bonchev–Trinajstić information content (AvgIpc) is 2.55. The Kier molecular flexibility index (Phi) is 5.50. The van der Waals surface area contributed by atoms with Crippen molar-refractivity contribution in [2.24, 2.45) is 0 Å². The van der Waals surface area contributed by atoms with Crippen LogP contribution in [0.15, 0.2) is 35.5 Å². The minimum absolute atomic E-state index is 0.00860. The largest absolute Gasteiger partial charge is 0.463 e. The molecule has 0 saturated carbocycles. The number of nitrogens with one attached hydrogen (secondary N) is 1. The second-order valence-electron chi connectivity index (χ2n) is 5.19. The van der Waals surface area contributed by atoms with Gasteiger partial charge in [-0.25, -0.2) is 4.79 Å². The molecule has 0 aromatic heterocycles. The molecule has 0 aliphatic carbocycles. The Morgan fingerprint density at radius 1 is 1.38 bits per heavy atom. The molecule has 2 rings (SSSR count). The molecule has 0 spiro atoms. The Labute approximate surface area is 145 Å². The van der Waals surface area contributed by atoms with E-state index in [1.54, 1.807) is 19.1 Å². The second kappa shape index (κ2) is 7.39. The maximum atomic E-state index is 12.4. The second-order valence-corrected chi connectivity index (χ2v) is 5.58. The number of allylic oxidation sites excluding steroid dienone is 1. The number of nitro benzene ring substituents is 1. The van der Waals surface area contributed by atoms with Crippen LogP contribution in [0.2, 0.25) is 0 Å². The minimum atomic E-state index is -0.500. The number of thiocarbonyl (C=S) groups is 1. The third kappa shape index (κ3) is 3.38. The molecule has 0 fully saturated rings. The van der Waals surface area contributed by atoms with Crippen molar-refractivity contribution >= 4 is 29.0 Å². The lowest BCUT2D eigenvalue weighted by atomic mass is 9.95. The van der Waals surface area contributed by atoms with Crippen LogP contribution in [0.3, 0.4) is 0 Å². The average molecular weight is 349 g/mol. The highest BCUT2D eigenvalue weighted by molar-refractivity contribution is 7.80. The van der Waals surface area contributed by atoms with Gasteiger partial charge >= 0.3 is 5.97 Å². The number of ether oxygens (including phenoxy) is 1. The number of hydrogen-bond donors (Lipinski definition) is 1. The van der Waals surface area contributed by atoms with Crippen LogP contribution in [0.1, 0.15) is 32.4 Å². The predicted octanol–water partition coefficient (Wildman–Crippen LogP) is 2.68. The molecule has 1 atom stereocenters. The van der Waals surface area contributed by atoms with Gasteiger partial charge in [0.1, 0.15) is 0 Å². The molecule has 0 amide bonds. The Hall–Kier alpha value is -2.48. The summed E-state index contributed by atoms with van der Waals surface area (Å²) >= 11 is 5.37. The molecule has 7 nitrogen and oxygen atoms in total. The van der Waals surface area contributed by atoms with E-state index in [2.05, 4.69) is 5.32 Å². The fourth-order valence-electron chi connectivity index (χ4n) is 2.67. The van der Waals surface area contributed by atoms with Gasteiger partial charge in [-0.15, -0.1) is 0 Å². The summed E-state index contributed by atoms with van der Waals surface area (Å²) in [5, 5.41) is 14.4. The summed E-state index contributed by atoms with van der Waals surface area (Å²) in [5.74, 6) is -0.424. The number of non-ortho nitro benzene ring substituents is 1. The predicted molar refractivity (Wildman–Crippen MR) is 93.3 cm³/mol. The van der Waals surface area contributed by atoms with E-state index < -0.39 is 16.9 Å². The number of nitrogens with zero attached hydrogens (tertiary/aromatic N) is 2. The third-order valence-electron chi connectivity index (χ3n) is 3.85. The van der Waals surface area contributed by atoms with Gasteiger partial charge in [0.25, 0.3) is 5.69 Å². The summed E-state index contributed by atoms with van der Waals surface area (Å²) in [6, 6.07) is 5.55. The summed E-state index contributed by atoms with van der Waals surface area (Å²) in [5.41, 5.74) is 1.89. The highest BCUT2D eigenvalue weighted by Gasteiger charge is 2.34. The number of rotatable bonds is 5. The van der Waals surface area contributed by atoms with Gasteiger partial charge in [-0.2, -0.15) is 0 Å². The SMILES string of the molecule is CCOC(=O)C1=C(C)N(CC)C(=S)N[C@H]1c1ccc([N+](=O)[O-])cc1. The number of carbonyl (C=O) groups excluding carboxylic acids is 1. The van der Waals surface area contributed by atoms with Gasteiger partial charge in [-0.05, 0) is 50.7 Å². The van der Waals surface area contributed by atoms with E-state index in [9.17, 15) is 14.9 Å². The molecule has 1 aliphatic rings. The summed E-state index contributed by atoms with van der Waals surface area (Å²) in [6.45, 7) is 6.38. The lowest BCUT2D eigenvalue weighted by Crippen LogP contribution is -2.47. The molecule has 24 heavy (non-hydrogen) atoms.